The van der Waals surface area contributed by atoms with Crippen molar-refractivity contribution in [2.75, 3.05) is 25.4 Å². The van der Waals surface area contributed by atoms with Crippen LogP contribution >= 0.6 is 12.6 Å². The zero-order chi connectivity index (χ0) is 10.9. The van der Waals surface area contributed by atoms with Crippen LogP contribution in [0.3, 0.4) is 0 Å². The maximum absolute atomic E-state index is 4.54. The summed E-state index contributed by atoms with van der Waals surface area (Å²) in [5.74, 6) is 1.09. The minimum Gasteiger partial charge on any atom is -0.303 e. The summed E-state index contributed by atoms with van der Waals surface area (Å²) < 4.78 is 0. The van der Waals surface area contributed by atoms with Gasteiger partial charge in [0, 0.05) is 6.54 Å². The third-order valence-corrected chi connectivity index (χ3v) is 5.19. The molecule has 0 aromatic heterocycles. The standard InChI is InChI=1S/C13H25NS/c1-12(2)6-8-14(9-7-12)10-13(11-15)4-3-5-13/h15H,3-11H2,1-2H3. The van der Waals surface area contributed by atoms with Crippen LogP contribution in [0.1, 0.15) is 46.0 Å². The van der Waals surface area contributed by atoms with Crippen molar-refractivity contribution in [2.45, 2.75) is 46.0 Å². The number of rotatable bonds is 3. The molecule has 2 rings (SSSR count). The fraction of sp³-hybridized carbons (Fsp3) is 1.00. The molecule has 0 N–H and O–H groups in total. The molecule has 1 saturated heterocycles. The van der Waals surface area contributed by atoms with E-state index in [-0.39, 0.29) is 0 Å². The molecule has 1 heterocycles. The Bertz CT molecular complexity index is 205. The lowest BCUT2D eigenvalue weighted by Crippen LogP contribution is -2.47. The van der Waals surface area contributed by atoms with Crippen LogP contribution in [-0.2, 0) is 0 Å². The predicted molar refractivity (Wildman–Crippen MR) is 69.6 cm³/mol. The zero-order valence-corrected chi connectivity index (χ0v) is 11.2. The fourth-order valence-corrected chi connectivity index (χ4v) is 3.25. The molecular formula is C13H25NS. The predicted octanol–water partition coefficient (Wildman–Crippen LogP) is 3.21. The smallest absolute Gasteiger partial charge is 0.00458 e. The lowest BCUT2D eigenvalue weighted by molar-refractivity contribution is 0.0514. The summed E-state index contributed by atoms with van der Waals surface area (Å²) in [5, 5.41) is 0. The second-order valence-corrected chi connectivity index (χ2v) is 6.77. The first-order chi connectivity index (χ1) is 7.05. The van der Waals surface area contributed by atoms with E-state index in [0.29, 0.717) is 10.8 Å². The number of piperidine rings is 1. The molecule has 15 heavy (non-hydrogen) atoms. The van der Waals surface area contributed by atoms with E-state index in [1.807, 2.05) is 0 Å². The van der Waals surface area contributed by atoms with Crippen molar-refractivity contribution >= 4 is 12.6 Å². The molecule has 0 amide bonds. The SMILES string of the molecule is CC1(C)CCN(CC2(CS)CCC2)CC1. The Morgan fingerprint density at radius 2 is 1.67 bits per heavy atom. The van der Waals surface area contributed by atoms with E-state index in [2.05, 4.69) is 31.4 Å². The van der Waals surface area contributed by atoms with Crippen LogP contribution in [0, 0.1) is 10.8 Å². The van der Waals surface area contributed by atoms with E-state index in [9.17, 15) is 0 Å². The summed E-state index contributed by atoms with van der Waals surface area (Å²) in [4.78, 5) is 2.68. The van der Waals surface area contributed by atoms with Gasteiger partial charge in [-0.2, -0.15) is 12.6 Å². The van der Waals surface area contributed by atoms with Crippen LogP contribution < -0.4 is 0 Å². The van der Waals surface area contributed by atoms with Gasteiger partial charge in [0.2, 0.25) is 0 Å². The Morgan fingerprint density at radius 1 is 1.07 bits per heavy atom. The summed E-state index contributed by atoms with van der Waals surface area (Å²) in [5.41, 5.74) is 1.18. The quantitative estimate of drug-likeness (QED) is 0.725. The maximum atomic E-state index is 4.54. The van der Waals surface area contributed by atoms with E-state index in [1.54, 1.807) is 0 Å². The summed E-state index contributed by atoms with van der Waals surface area (Å²) >= 11 is 4.54. The van der Waals surface area contributed by atoms with Gasteiger partial charge >= 0.3 is 0 Å². The summed E-state index contributed by atoms with van der Waals surface area (Å²) in [6.45, 7) is 8.74. The zero-order valence-electron chi connectivity index (χ0n) is 10.3. The van der Waals surface area contributed by atoms with Crippen LogP contribution in [-0.4, -0.2) is 30.3 Å². The number of thiol groups is 1. The van der Waals surface area contributed by atoms with Crippen LogP contribution in [0.4, 0.5) is 0 Å². The van der Waals surface area contributed by atoms with Crippen LogP contribution in [0.25, 0.3) is 0 Å². The van der Waals surface area contributed by atoms with Gasteiger partial charge in [0.05, 0.1) is 0 Å². The van der Waals surface area contributed by atoms with Crippen molar-refractivity contribution in [3.63, 3.8) is 0 Å². The topological polar surface area (TPSA) is 3.24 Å². The largest absolute Gasteiger partial charge is 0.303 e. The van der Waals surface area contributed by atoms with Crippen molar-refractivity contribution in [1.82, 2.24) is 4.90 Å². The molecular weight excluding hydrogens is 202 g/mol. The lowest BCUT2D eigenvalue weighted by atomic mass is 9.69. The highest BCUT2D eigenvalue weighted by atomic mass is 32.1. The van der Waals surface area contributed by atoms with E-state index in [0.717, 1.165) is 5.75 Å². The van der Waals surface area contributed by atoms with Crippen molar-refractivity contribution in [2.24, 2.45) is 10.8 Å². The highest BCUT2D eigenvalue weighted by Crippen LogP contribution is 2.43. The molecule has 1 aliphatic carbocycles. The molecule has 1 nitrogen and oxygen atoms in total. The Hall–Kier alpha value is 0.310. The monoisotopic (exact) mass is 227 g/mol. The summed E-state index contributed by atoms with van der Waals surface area (Å²) in [6, 6.07) is 0. The molecule has 1 saturated carbocycles. The molecule has 0 aromatic carbocycles. The van der Waals surface area contributed by atoms with E-state index >= 15 is 0 Å². The van der Waals surface area contributed by atoms with Crippen molar-refractivity contribution in [1.29, 1.82) is 0 Å². The normalized spacial score (nSPS) is 29.8. The molecule has 0 atom stereocenters. The van der Waals surface area contributed by atoms with Crippen LogP contribution in [0.15, 0.2) is 0 Å². The minimum absolute atomic E-state index is 0.588. The van der Waals surface area contributed by atoms with Gasteiger partial charge in [0.1, 0.15) is 0 Å². The van der Waals surface area contributed by atoms with Gasteiger partial charge in [0.15, 0.2) is 0 Å². The third-order valence-electron chi connectivity index (χ3n) is 4.52. The maximum Gasteiger partial charge on any atom is 0.00458 e. The molecule has 88 valence electrons. The first-order valence-corrected chi connectivity index (χ1v) is 7.02. The molecule has 0 unspecified atom stereocenters. The number of nitrogens with zero attached hydrogens (tertiary/aromatic N) is 1. The van der Waals surface area contributed by atoms with E-state index < -0.39 is 0 Å². The summed E-state index contributed by atoms with van der Waals surface area (Å²) in [6.07, 6.45) is 7.00. The average Bonchev–Trinajstić information content (AvgIpc) is 2.14. The molecule has 0 spiro atoms. The number of likely N-dealkylation sites (tertiary alicyclic amines) is 1. The van der Waals surface area contributed by atoms with Gasteiger partial charge in [-0.1, -0.05) is 20.3 Å². The number of hydrogen-bond donors (Lipinski definition) is 1. The Kier molecular flexibility index (Phi) is 3.37. The Balaban J connectivity index is 1.81. The molecule has 0 bridgehead atoms. The van der Waals surface area contributed by atoms with E-state index in [4.69, 9.17) is 0 Å². The van der Waals surface area contributed by atoms with Gasteiger partial charge in [-0.3, -0.25) is 0 Å². The summed E-state index contributed by atoms with van der Waals surface area (Å²) in [7, 11) is 0. The Labute approximate surface area is 100 Å². The number of hydrogen-bond acceptors (Lipinski definition) is 2. The molecule has 2 fully saturated rings. The van der Waals surface area contributed by atoms with Crippen LogP contribution in [0.2, 0.25) is 0 Å². The Morgan fingerprint density at radius 3 is 2.07 bits per heavy atom. The van der Waals surface area contributed by atoms with E-state index in [1.165, 1.54) is 51.7 Å². The van der Waals surface area contributed by atoms with Crippen molar-refractivity contribution in [3.8, 4) is 0 Å². The first-order valence-electron chi connectivity index (χ1n) is 6.39. The third kappa shape index (κ3) is 2.71. The average molecular weight is 227 g/mol. The van der Waals surface area contributed by atoms with Gasteiger partial charge < -0.3 is 4.90 Å². The first kappa shape index (κ1) is 11.8. The highest BCUT2D eigenvalue weighted by Gasteiger charge is 2.38. The second kappa shape index (κ2) is 4.29. The van der Waals surface area contributed by atoms with Crippen molar-refractivity contribution in [3.05, 3.63) is 0 Å². The lowest BCUT2D eigenvalue weighted by Gasteiger charge is -2.47. The molecule has 0 aromatic rings. The van der Waals surface area contributed by atoms with Crippen LogP contribution in [0.5, 0.6) is 0 Å². The second-order valence-electron chi connectivity index (χ2n) is 6.45. The van der Waals surface area contributed by atoms with Gasteiger partial charge in [-0.05, 0) is 55.4 Å². The molecule has 1 aliphatic heterocycles. The molecule has 2 heteroatoms. The highest BCUT2D eigenvalue weighted by molar-refractivity contribution is 7.80. The fourth-order valence-electron chi connectivity index (χ4n) is 2.83. The molecule has 2 aliphatic rings. The van der Waals surface area contributed by atoms with Gasteiger partial charge in [-0.25, -0.2) is 0 Å². The van der Waals surface area contributed by atoms with Gasteiger partial charge in [0.25, 0.3) is 0 Å². The minimum atomic E-state index is 0.588. The van der Waals surface area contributed by atoms with Crippen molar-refractivity contribution < 1.29 is 0 Å². The van der Waals surface area contributed by atoms with Gasteiger partial charge in [-0.15, -0.1) is 0 Å². The molecule has 0 radical (unpaired) electrons.